The first-order valence-electron chi connectivity index (χ1n) is 12.4. The van der Waals surface area contributed by atoms with Gasteiger partial charge in [-0.3, -0.25) is 0 Å². The molecule has 0 saturated heterocycles. The quantitative estimate of drug-likeness (QED) is 0.110. The first-order valence-corrected chi connectivity index (χ1v) is 12.4. The molecule has 6 heteroatoms. The number of rotatable bonds is 21. The second-order valence-electron chi connectivity index (χ2n) is 8.15. The minimum atomic E-state index is 0.131. The van der Waals surface area contributed by atoms with Crippen LogP contribution in [-0.4, -0.2) is 42.0 Å². The molecule has 0 N–H and O–H groups in total. The minimum Gasteiger partial charge on any atom is -0.493 e. The second kappa shape index (κ2) is 19.5. The van der Waals surface area contributed by atoms with Crippen LogP contribution in [0.25, 0.3) is 0 Å². The highest BCUT2D eigenvalue weighted by Gasteiger charge is 2.22. The summed E-state index contributed by atoms with van der Waals surface area (Å²) in [5.41, 5.74) is 0.940. The summed E-state index contributed by atoms with van der Waals surface area (Å²) < 4.78 is 33.0. The maximum absolute atomic E-state index is 5.85. The van der Waals surface area contributed by atoms with Crippen LogP contribution in [0.5, 0.6) is 23.0 Å². The Morgan fingerprint density at radius 3 is 1.85 bits per heavy atom. The average Bonchev–Trinajstić information content (AvgIpc) is 2.84. The van der Waals surface area contributed by atoms with Gasteiger partial charge in [-0.05, 0) is 32.1 Å². The van der Waals surface area contributed by atoms with Crippen LogP contribution in [-0.2, 0) is 15.9 Å². The van der Waals surface area contributed by atoms with Crippen molar-refractivity contribution in [2.45, 2.75) is 84.0 Å². The van der Waals surface area contributed by atoms with E-state index in [1.165, 1.54) is 57.8 Å². The first kappa shape index (κ1) is 29.1. The van der Waals surface area contributed by atoms with Crippen molar-refractivity contribution in [3.05, 3.63) is 23.8 Å². The largest absolute Gasteiger partial charge is 0.493 e. The van der Waals surface area contributed by atoms with Gasteiger partial charge in [0.15, 0.2) is 36.6 Å². The number of ether oxygens (including phenoxy) is 6. The SMILES string of the molecule is CCCCC=CCCCCCCCCCc1c(OC)c(OCOC)cc(OC)c1OCOC. The van der Waals surface area contributed by atoms with E-state index in [-0.39, 0.29) is 13.6 Å². The van der Waals surface area contributed by atoms with Crippen molar-refractivity contribution in [3.63, 3.8) is 0 Å². The van der Waals surface area contributed by atoms with Gasteiger partial charge in [0, 0.05) is 25.8 Å². The van der Waals surface area contributed by atoms with Gasteiger partial charge in [0.2, 0.25) is 0 Å². The summed E-state index contributed by atoms with van der Waals surface area (Å²) in [6.07, 6.45) is 19.2. The van der Waals surface area contributed by atoms with Crippen molar-refractivity contribution in [2.75, 3.05) is 42.0 Å². The van der Waals surface area contributed by atoms with Crippen LogP contribution in [0.15, 0.2) is 18.2 Å². The van der Waals surface area contributed by atoms with Crippen LogP contribution in [0.3, 0.4) is 0 Å². The minimum absolute atomic E-state index is 0.131. The molecule has 0 aliphatic rings. The van der Waals surface area contributed by atoms with Gasteiger partial charge in [-0.15, -0.1) is 0 Å². The highest BCUT2D eigenvalue weighted by Crippen LogP contribution is 2.45. The fraction of sp³-hybridized carbons (Fsp3) is 0.704. The third-order valence-electron chi connectivity index (χ3n) is 5.52. The third-order valence-corrected chi connectivity index (χ3v) is 5.52. The van der Waals surface area contributed by atoms with E-state index >= 15 is 0 Å². The van der Waals surface area contributed by atoms with Crippen molar-refractivity contribution < 1.29 is 28.4 Å². The van der Waals surface area contributed by atoms with Crippen molar-refractivity contribution in [1.82, 2.24) is 0 Å². The van der Waals surface area contributed by atoms with E-state index in [0.29, 0.717) is 23.0 Å². The lowest BCUT2D eigenvalue weighted by Crippen LogP contribution is -2.08. The molecule has 0 aromatic heterocycles. The number of allylic oxidation sites excluding steroid dienone is 2. The molecule has 0 fully saturated rings. The van der Waals surface area contributed by atoms with Gasteiger partial charge in [0.1, 0.15) is 0 Å². The number of hydrogen-bond donors (Lipinski definition) is 0. The molecule has 0 heterocycles. The lowest BCUT2D eigenvalue weighted by Gasteiger charge is -2.20. The Labute approximate surface area is 201 Å². The average molecular weight is 467 g/mol. The molecular formula is C27H46O6. The van der Waals surface area contributed by atoms with Gasteiger partial charge in [-0.25, -0.2) is 0 Å². The Balaban J connectivity index is 2.55. The summed E-state index contributed by atoms with van der Waals surface area (Å²) in [5.74, 6) is 2.48. The van der Waals surface area contributed by atoms with Gasteiger partial charge >= 0.3 is 0 Å². The topological polar surface area (TPSA) is 55.4 Å². The maximum Gasteiger partial charge on any atom is 0.188 e. The monoisotopic (exact) mass is 466 g/mol. The molecule has 0 atom stereocenters. The van der Waals surface area contributed by atoms with Crippen LogP contribution >= 0.6 is 0 Å². The molecule has 1 rings (SSSR count). The smallest absolute Gasteiger partial charge is 0.188 e. The van der Waals surface area contributed by atoms with E-state index < -0.39 is 0 Å². The molecular weight excluding hydrogens is 420 g/mol. The van der Waals surface area contributed by atoms with Crippen LogP contribution in [0.1, 0.15) is 83.1 Å². The Morgan fingerprint density at radius 2 is 1.24 bits per heavy atom. The molecule has 0 bridgehead atoms. The Morgan fingerprint density at radius 1 is 0.636 bits per heavy atom. The highest BCUT2D eigenvalue weighted by molar-refractivity contribution is 5.61. The first-order chi connectivity index (χ1) is 16.2. The number of benzene rings is 1. The molecule has 33 heavy (non-hydrogen) atoms. The summed E-state index contributed by atoms with van der Waals surface area (Å²) in [4.78, 5) is 0. The van der Waals surface area contributed by atoms with Crippen molar-refractivity contribution in [3.8, 4) is 23.0 Å². The standard InChI is InChI=1S/C27H46O6/c1-6-7-8-9-10-11-12-13-14-15-16-17-18-19-23-26(31-5)25(32-21-28-2)20-24(30-4)27(23)33-22-29-3/h9-10,20H,6-8,11-19,21-22H2,1-5H3. The molecule has 0 amide bonds. The number of methoxy groups -OCH3 is 4. The molecule has 0 aliphatic heterocycles. The van der Waals surface area contributed by atoms with Crippen LogP contribution in [0.4, 0.5) is 0 Å². The van der Waals surface area contributed by atoms with Gasteiger partial charge in [-0.1, -0.05) is 64.0 Å². The van der Waals surface area contributed by atoms with Crippen LogP contribution in [0.2, 0.25) is 0 Å². The van der Waals surface area contributed by atoms with Crippen molar-refractivity contribution in [2.24, 2.45) is 0 Å². The fourth-order valence-electron chi connectivity index (χ4n) is 3.76. The highest BCUT2D eigenvalue weighted by atomic mass is 16.7. The van der Waals surface area contributed by atoms with Crippen LogP contribution in [0, 0.1) is 0 Å². The van der Waals surface area contributed by atoms with Crippen molar-refractivity contribution in [1.29, 1.82) is 0 Å². The maximum atomic E-state index is 5.85. The summed E-state index contributed by atoms with van der Waals surface area (Å²) in [6.45, 7) is 2.51. The molecule has 6 nitrogen and oxygen atoms in total. The Kier molecular flexibility index (Phi) is 17.2. The lowest BCUT2D eigenvalue weighted by molar-refractivity contribution is 0.0444. The normalized spacial score (nSPS) is 11.2. The molecule has 0 aliphatic carbocycles. The Bertz CT molecular complexity index is 644. The second-order valence-corrected chi connectivity index (χ2v) is 8.15. The van der Waals surface area contributed by atoms with E-state index in [9.17, 15) is 0 Å². The predicted octanol–water partition coefficient (Wildman–Crippen LogP) is 7.08. The van der Waals surface area contributed by atoms with E-state index in [0.717, 1.165) is 24.8 Å². The molecule has 0 unspecified atom stereocenters. The zero-order valence-corrected chi connectivity index (χ0v) is 21.6. The van der Waals surface area contributed by atoms with E-state index in [4.69, 9.17) is 28.4 Å². The molecule has 1 aromatic rings. The summed E-state index contributed by atoms with van der Waals surface area (Å²) in [6, 6.07) is 1.77. The molecule has 0 radical (unpaired) electrons. The van der Waals surface area contributed by atoms with E-state index in [1.54, 1.807) is 34.5 Å². The summed E-state index contributed by atoms with van der Waals surface area (Å²) in [7, 11) is 6.45. The van der Waals surface area contributed by atoms with Gasteiger partial charge in [-0.2, -0.15) is 0 Å². The predicted molar refractivity (Wildman–Crippen MR) is 134 cm³/mol. The number of hydrogen-bond acceptors (Lipinski definition) is 6. The Hall–Kier alpha value is -1.92. The van der Waals surface area contributed by atoms with E-state index in [2.05, 4.69) is 19.1 Å². The van der Waals surface area contributed by atoms with Crippen molar-refractivity contribution >= 4 is 0 Å². The van der Waals surface area contributed by atoms with Gasteiger partial charge < -0.3 is 28.4 Å². The molecule has 0 saturated carbocycles. The zero-order chi connectivity index (χ0) is 24.2. The zero-order valence-electron chi connectivity index (χ0n) is 21.6. The molecule has 1 aromatic carbocycles. The van der Waals surface area contributed by atoms with Gasteiger partial charge in [0.05, 0.1) is 14.2 Å². The third kappa shape index (κ3) is 11.7. The number of unbranched alkanes of at least 4 members (excludes halogenated alkanes) is 9. The van der Waals surface area contributed by atoms with Gasteiger partial charge in [0.25, 0.3) is 0 Å². The lowest BCUT2D eigenvalue weighted by atomic mass is 10.0. The fourth-order valence-corrected chi connectivity index (χ4v) is 3.76. The summed E-state index contributed by atoms with van der Waals surface area (Å²) >= 11 is 0. The van der Waals surface area contributed by atoms with E-state index in [1.807, 2.05) is 0 Å². The molecule has 190 valence electrons. The van der Waals surface area contributed by atoms with Crippen LogP contribution < -0.4 is 18.9 Å². The molecule has 0 spiro atoms. The summed E-state index contributed by atoms with van der Waals surface area (Å²) in [5, 5.41) is 0.